The van der Waals surface area contributed by atoms with E-state index < -0.39 is 5.54 Å². The van der Waals surface area contributed by atoms with Crippen LogP contribution in [0.15, 0.2) is 16.8 Å². The van der Waals surface area contributed by atoms with E-state index in [-0.39, 0.29) is 18.0 Å². The molecule has 3 amide bonds. The Morgan fingerprint density at radius 1 is 1.40 bits per heavy atom. The number of nitrogens with one attached hydrogen (secondary N) is 2. The highest BCUT2D eigenvalue weighted by molar-refractivity contribution is 7.07. The molecular formula is C18H28N4O2S. The number of thiophene rings is 1. The van der Waals surface area contributed by atoms with Gasteiger partial charge in [-0.25, -0.2) is 4.79 Å². The minimum absolute atomic E-state index is 0.0192. The van der Waals surface area contributed by atoms with Gasteiger partial charge in [-0.2, -0.15) is 11.3 Å². The summed E-state index contributed by atoms with van der Waals surface area (Å²) < 4.78 is 0. The number of likely N-dealkylation sites (N-methyl/N-ethyl adjacent to an activating group) is 1. The van der Waals surface area contributed by atoms with Crippen molar-refractivity contribution < 1.29 is 9.59 Å². The highest BCUT2D eigenvalue weighted by atomic mass is 32.1. The molecule has 2 fully saturated rings. The second-order valence-electron chi connectivity index (χ2n) is 7.24. The standard InChI is InChI=1S/C18H28N4O2S/c1-14(12-15-4-11-25-13-15)20-17(24)22-9-5-18(6-10-22)16(23)19-7-3-8-21(18)2/h4,11,13-14H,3,5-10,12H2,1-2H3,(H,19,23)(H,20,24). The highest BCUT2D eigenvalue weighted by Crippen LogP contribution is 2.30. The van der Waals surface area contributed by atoms with Crippen molar-refractivity contribution in [1.82, 2.24) is 20.4 Å². The van der Waals surface area contributed by atoms with Gasteiger partial charge in [0.25, 0.3) is 0 Å². The van der Waals surface area contributed by atoms with Crippen molar-refractivity contribution in [2.75, 3.05) is 33.2 Å². The topological polar surface area (TPSA) is 64.7 Å². The molecular weight excluding hydrogens is 336 g/mol. The van der Waals surface area contributed by atoms with Crippen LogP contribution in [-0.4, -0.2) is 66.5 Å². The number of carbonyl (C=O) groups is 2. The average molecular weight is 365 g/mol. The smallest absolute Gasteiger partial charge is 0.317 e. The van der Waals surface area contributed by atoms with Gasteiger partial charge in [0.15, 0.2) is 0 Å². The van der Waals surface area contributed by atoms with Crippen LogP contribution in [0.3, 0.4) is 0 Å². The van der Waals surface area contributed by atoms with Crippen LogP contribution in [0, 0.1) is 0 Å². The minimum Gasteiger partial charge on any atom is -0.354 e. The lowest BCUT2D eigenvalue weighted by atomic mass is 9.85. The molecule has 2 aliphatic rings. The van der Waals surface area contributed by atoms with Gasteiger partial charge in [0.2, 0.25) is 5.91 Å². The first-order valence-corrected chi connectivity index (χ1v) is 10.0. The fraction of sp³-hybridized carbons (Fsp3) is 0.667. The number of rotatable bonds is 3. The molecule has 0 bridgehead atoms. The van der Waals surface area contributed by atoms with E-state index in [0.29, 0.717) is 25.9 Å². The van der Waals surface area contributed by atoms with Crippen molar-refractivity contribution >= 4 is 23.3 Å². The molecule has 1 aromatic rings. The first-order valence-electron chi connectivity index (χ1n) is 9.07. The molecule has 2 aliphatic heterocycles. The predicted octanol–water partition coefficient (Wildman–Crippen LogP) is 1.68. The quantitative estimate of drug-likeness (QED) is 0.858. The van der Waals surface area contributed by atoms with E-state index in [1.807, 2.05) is 18.9 Å². The molecule has 138 valence electrons. The van der Waals surface area contributed by atoms with Gasteiger partial charge in [0, 0.05) is 32.2 Å². The minimum atomic E-state index is -0.449. The molecule has 1 aromatic heterocycles. The van der Waals surface area contributed by atoms with Gasteiger partial charge in [-0.15, -0.1) is 0 Å². The maximum absolute atomic E-state index is 12.6. The van der Waals surface area contributed by atoms with Crippen molar-refractivity contribution in [3.63, 3.8) is 0 Å². The molecule has 25 heavy (non-hydrogen) atoms. The van der Waals surface area contributed by atoms with Crippen LogP contribution in [0.1, 0.15) is 31.7 Å². The normalized spacial score (nSPS) is 22.3. The first kappa shape index (κ1) is 18.2. The van der Waals surface area contributed by atoms with Crippen molar-refractivity contribution in [3.8, 4) is 0 Å². The lowest BCUT2D eigenvalue weighted by Crippen LogP contribution is -2.62. The molecule has 3 rings (SSSR count). The Kier molecular flexibility index (Phi) is 5.64. The molecule has 1 atom stereocenters. The van der Waals surface area contributed by atoms with Crippen molar-refractivity contribution in [2.45, 2.75) is 44.2 Å². The molecule has 0 aliphatic carbocycles. The summed E-state index contributed by atoms with van der Waals surface area (Å²) >= 11 is 1.68. The van der Waals surface area contributed by atoms with Crippen LogP contribution in [0.2, 0.25) is 0 Å². The van der Waals surface area contributed by atoms with Crippen molar-refractivity contribution in [1.29, 1.82) is 0 Å². The Hall–Kier alpha value is -1.60. The second kappa shape index (κ2) is 7.74. The maximum atomic E-state index is 12.6. The fourth-order valence-corrected chi connectivity index (χ4v) is 4.56. The van der Waals surface area contributed by atoms with E-state index in [9.17, 15) is 9.59 Å². The van der Waals surface area contributed by atoms with E-state index in [0.717, 1.165) is 25.9 Å². The zero-order valence-corrected chi connectivity index (χ0v) is 15.9. The molecule has 1 spiro atoms. The largest absolute Gasteiger partial charge is 0.354 e. The fourth-order valence-electron chi connectivity index (χ4n) is 3.87. The van der Waals surface area contributed by atoms with Gasteiger partial charge < -0.3 is 15.5 Å². The highest BCUT2D eigenvalue weighted by Gasteiger charge is 2.46. The third-order valence-electron chi connectivity index (χ3n) is 5.48. The molecule has 0 aromatic carbocycles. The Bertz CT molecular complexity index is 596. The zero-order chi connectivity index (χ0) is 17.9. The lowest BCUT2D eigenvalue weighted by molar-refractivity contribution is -0.134. The van der Waals surface area contributed by atoms with Crippen LogP contribution in [0.4, 0.5) is 4.79 Å². The number of piperidine rings is 1. The molecule has 3 heterocycles. The van der Waals surface area contributed by atoms with E-state index in [1.54, 1.807) is 11.3 Å². The van der Waals surface area contributed by atoms with E-state index in [4.69, 9.17) is 0 Å². The average Bonchev–Trinajstić information content (AvgIpc) is 3.06. The van der Waals surface area contributed by atoms with Crippen LogP contribution in [0.25, 0.3) is 0 Å². The third-order valence-corrected chi connectivity index (χ3v) is 6.21. The number of amides is 3. The van der Waals surface area contributed by atoms with Crippen LogP contribution >= 0.6 is 11.3 Å². The van der Waals surface area contributed by atoms with Crippen molar-refractivity contribution in [3.05, 3.63) is 22.4 Å². The number of hydrogen-bond donors (Lipinski definition) is 2. The predicted molar refractivity (Wildman–Crippen MR) is 99.8 cm³/mol. The summed E-state index contributed by atoms with van der Waals surface area (Å²) in [6, 6.07) is 2.18. The Labute approximate surface area is 153 Å². The van der Waals surface area contributed by atoms with Gasteiger partial charge in [0.1, 0.15) is 5.54 Å². The Balaban J connectivity index is 1.54. The molecule has 7 heteroatoms. The number of hydrogen-bond acceptors (Lipinski definition) is 4. The van der Waals surface area contributed by atoms with Crippen LogP contribution in [-0.2, 0) is 11.2 Å². The van der Waals surface area contributed by atoms with Crippen molar-refractivity contribution in [2.24, 2.45) is 0 Å². The van der Waals surface area contributed by atoms with Gasteiger partial charge in [-0.1, -0.05) is 0 Å². The summed E-state index contributed by atoms with van der Waals surface area (Å²) in [6.07, 6.45) is 3.22. The Morgan fingerprint density at radius 3 is 2.84 bits per heavy atom. The summed E-state index contributed by atoms with van der Waals surface area (Å²) in [5, 5.41) is 10.3. The van der Waals surface area contributed by atoms with E-state index in [2.05, 4.69) is 32.4 Å². The third kappa shape index (κ3) is 3.98. The SMILES string of the molecule is CC(Cc1ccsc1)NC(=O)N1CCC2(CC1)C(=O)NCCCN2C. The number of likely N-dealkylation sites (tertiary alicyclic amines) is 1. The van der Waals surface area contributed by atoms with E-state index >= 15 is 0 Å². The van der Waals surface area contributed by atoms with Gasteiger partial charge in [0.05, 0.1) is 0 Å². The van der Waals surface area contributed by atoms with Crippen LogP contribution < -0.4 is 10.6 Å². The lowest BCUT2D eigenvalue weighted by Gasteiger charge is -2.45. The number of nitrogens with zero attached hydrogens (tertiary/aromatic N) is 2. The second-order valence-corrected chi connectivity index (χ2v) is 8.02. The molecule has 0 radical (unpaired) electrons. The van der Waals surface area contributed by atoms with Crippen LogP contribution in [0.5, 0.6) is 0 Å². The summed E-state index contributed by atoms with van der Waals surface area (Å²) in [6.45, 7) is 4.94. The first-order chi connectivity index (χ1) is 12.0. The number of urea groups is 1. The van der Waals surface area contributed by atoms with Gasteiger partial charge in [-0.05, 0) is 62.0 Å². The monoisotopic (exact) mass is 364 g/mol. The Morgan fingerprint density at radius 2 is 2.16 bits per heavy atom. The molecule has 2 saturated heterocycles. The summed E-state index contributed by atoms with van der Waals surface area (Å²) in [4.78, 5) is 29.1. The molecule has 2 N–H and O–H groups in total. The van der Waals surface area contributed by atoms with Gasteiger partial charge >= 0.3 is 6.03 Å². The summed E-state index contributed by atoms with van der Waals surface area (Å²) in [5.41, 5.74) is 0.808. The maximum Gasteiger partial charge on any atom is 0.317 e. The number of carbonyl (C=O) groups excluding carboxylic acids is 2. The summed E-state index contributed by atoms with van der Waals surface area (Å²) in [7, 11) is 2.03. The molecule has 0 saturated carbocycles. The van der Waals surface area contributed by atoms with E-state index in [1.165, 1.54) is 5.56 Å². The molecule has 6 nitrogen and oxygen atoms in total. The molecule has 1 unspecified atom stereocenters. The summed E-state index contributed by atoms with van der Waals surface area (Å²) in [5.74, 6) is 0.124. The van der Waals surface area contributed by atoms with Gasteiger partial charge in [-0.3, -0.25) is 9.69 Å². The zero-order valence-electron chi connectivity index (χ0n) is 15.1.